The number of ketones is 1. The molecule has 0 aliphatic rings. The SMILES string of the molecule is C=C(CC(C)=O)OCCC#N. The fourth-order valence-corrected chi connectivity index (χ4v) is 0.570. The van der Waals surface area contributed by atoms with Gasteiger partial charge in [-0.15, -0.1) is 0 Å². The summed E-state index contributed by atoms with van der Waals surface area (Å²) in [5.74, 6) is 0.458. The average Bonchev–Trinajstić information content (AvgIpc) is 1.86. The highest BCUT2D eigenvalue weighted by molar-refractivity contribution is 5.77. The number of Topliss-reactive ketones (excluding diaryl/α,β-unsaturated/α-hetero) is 1. The van der Waals surface area contributed by atoms with E-state index in [2.05, 4.69) is 6.58 Å². The van der Waals surface area contributed by atoms with Gasteiger partial charge in [0.2, 0.25) is 0 Å². The van der Waals surface area contributed by atoms with Gasteiger partial charge in [0.15, 0.2) is 0 Å². The largest absolute Gasteiger partial charge is 0.497 e. The Labute approximate surface area is 66.3 Å². The predicted octanol–water partition coefficient (Wildman–Crippen LogP) is 1.41. The minimum absolute atomic E-state index is 0.0203. The lowest BCUT2D eigenvalue weighted by Gasteiger charge is -2.03. The third-order valence-electron chi connectivity index (χ3n) is 0.966. The Morgan fingerprint density at radius 2 is 2.36 bits per heavy atom. The smallest absolute Gasteiger partial charge is 0.137 e. The van der Waals surface area contributed by atoms with E-state index in [1.807, 2.05) is 6.07 Å². The van der Waals surface area contributed by atoms with Crippen LogP contribution in [0.25, 0.3) is 0 Å². The topological polar surface area (TPSA) is 50.1 Å². The molecule has 3 nitrogen and oxygen atoms in total. The van der Waals surface area contributed by atoms with E-state index in [4.69, 9.17) is 10.00 Å². The highest BCUT2D eigenvalue weighted by atomic mass is 16.5. The molecule has 0 radical (unpaired) electrons. The first-order chi connectivity index (χ1) is 5.16. The molecule has 0 heterocycles. The summed E-state index contributed by atoms with van der Waals surface area (Å²) in [4.78, 5) is 10.5. The second kappa shape index (κ2) is 5.48. The molecule has 0 rings (SSSR count). The van der Waals surface area contributed by atoms with E-state index in [0.717, 1.165) is 0 Å². The van der Waals surface area contributed by atoms with Gasteiger partial charge in [0, 0.05) is 0 Å². The molecule has 0 aromatic carbocycles. The van der Waals surface area contributed by atoms with Crippen LogP contribution in [0.15, 0.2) is 12.3 Å². The van der Waals surface area contributed by atoms with Crippen LogP contribution in [0.4, 0.5) is 0 Å². The van der Waals surface area contributed by atoms with Gasteiger partial charge in [0.25, 0.3) is 0 Å². The molecule has 0 aromatic rings. The number of carbonyl (C=O) groups excluding carboxylic acids is 1. The zero-order valence-electron chi connectivity index (χ0n) is 6.59. The van der Waals surface area contributed by atoms with Gasteiger partial charge in [-0.25, -0.2) is 0 Å². The van der Waals surface area contributed by atoms with Crippen molar-refractivity contribution < 1.29 is 9.53 Å². The first-order valence-corrected chi connectivity index (χ1v) is 3.33. The Kier molecular flexibility index (Phi) is 4.83. The number of carbonyl (C=O) groups is 1. The average molecular weight is 153 g/mol. The third kappa shape index (κ3) is 6.59. The molecular weight excluding hydrogens is 142 g/mol. The van der Waals surface area contributed by atoms with E-state index in [1.54, 1.807) is 0 Å². The molecule has 0 fully saturated rings. The van der Waals surface area contributed by atoms with E-state index < -0.39 is 0 Å². The summed E-state index contributed by atoms with van der Waals surface area (Å²) < 4.78 is 4.96. The summed E-state index contributed by atoms with van der Waals surface area (Å²) >= 11 is 0. The summed E-state index contributed by atoms with van der Waals surface area (Å²) in [7, 11) is 0. The monoisotopic (exact) mass is 153 g/mol. The van der Waals surface area contributed by atoms with E-state index >= 15 is 0 Å². The first-order valence-electron chi connectivity index (χ1n) is 3.33. The number of nitrogens with zero attached hydrogens (tertiary/aromatic N) is 1. The number of nitriles is 1. The lowest BCUT2D eigenvalue weighted by Crippen LogP contribution is -1.98. The lowest BCUT2D eigenvalue weighted by atomic mass is 10.3. The number of allylic oxidation sites excluding steroid dienone is 1. The molecule has 0 N–H and O–H groups in total. The maximum atomic E-state index is 10.5. The van der Waals surface area contributed by atoms with Crippen molar-refractivity contribution in [2.75, 3.05) is 6.61 Å². The van der Waals surface area contributed by atoms with Gasteiger partial charge in [0.05, 0.1) is 24.7 Å². The molecule has 0 saturated carbocycles. The number of rotatable bonds is 5. The molecule has 0 aromatic heterocycles. The second-order valence-electron chi connectivity index (χ2n) is 2.17. The van der Waals surface area contributed by atoms with Crippen LogP contribution < -0.4 is 0 Å². The molecule has 0 atom stereocenters. The summed E-state index contributed by atoms with van der Waals surface area (Å²) in [6.07, 6.45) is 0.572. The van der Waals surface area contributed by atoms with Crippen LogP contribution in [0.2, 0.25) is 0 Å². The maximum Gasteiger partial charge on any atom is 0.137 e. The van der Waals surface area contributed by atoms with Gasteiger partial charge in [-0.3, -0.25) is 4.79 Å². The molecular formula is C8H11NO2. The van der Waals surface area contributed by atoms with E-state index in [0.29, 0.717) is 18.8 Å². The summed E-state index contributed by atoms with van der Waals surface area (Å²) in [5.41, 5.74) is 0. The van der Waals surface area contributed by atoms with Gasteiger partial charge < -0.3 is 4.74 Å². The van der Waals surface area contributed by atoms with Crippen LogP contribution in [0.5, 0.6) is 0 Å². The number of ether oxygens (including phenoxy) is 1. The Bertz CT molecular complexity index is 191. The molecule has 0 spiro atoms. The Balaban J connectivity index is 3.39. The van der Waals surface area contributed by atoms with Gasteiger partial charge in [-0.05, 0) is 6.92 Å². The van der Waals surface area contributed by atoms with E-state index in [1.165, 1.54) is 6.92 Å². The maximum absolute atomic E-state index is 10.5. The quantitative estimate of drug-likeness (QED) is 0.443. The van der Waals surface area contributed by atoms with Crippen LogP contribution >= 0.6 is 0 Å². The van der Waals surface area contributed by atoms with E-state index in [-0.39, 0.29) is 12.2 Å². The van der Waals surface area contributed by atoms with Crippen LogP contribution in [-0.2, 0) is 9.53 Å². The van der Waals surface area contributed by atoms with Crippen molar-refractivity contribution in [3.8, 4) is 6.07 Å². The van der Waals surface area contributed by atoms with Gasteiger partial charge in [-0.1, -0.05) is 6.58 Å². The molecule has 0 amide bonds. The van der Waals surface area contributed by atoms with Crippen molar-refractivity contribution in [2.45, 2.75) is 19.8 Å². The molecule has 0 aliphatic heterocycles. The van der Waals surface area contributed by atoms with Crippen LogP contribution in [-0.4, -0.2) is 12.4 Å². The first kappa shape index (κ1) is 9.70. The molecule has 0 saturated heterocycles. The van der Waals surface area contributed by atoms with Crippen molar-refractivity contribution in [1.29, 1.82) is 5.26 Å². The molecule has 0 unspecified atom stereocenters. The Hall–Kier alpha value is -1.30. The minimum Gasteiger partial charge on any atom is -0.497 e. The third-order valence-corrected chi connectivity index (χ3v) is 0.966. The number of hydrogen-bond donors (Lipinski definition) is 0. The zero-order chi connectivity index (χ0) is 8.69. The molecule has 60 valence electrons. The minimum atomic E-state index is 0.0203. The van der Waals surface area contributed by atoms with Gasteiger partial charge in [-0.2, -0.15) is 5.26 Å². The highest BCUT2D eigenvalue weighted by Gasteiger charge is 1.98. The van der Waals surface area contributed by atoms with Gasteiger partial charge >= 0.3 is 0 Å². The normalized spacial score (nSPS) is 8.36. The highest BCUT2D eigenvalue weighted by Crippen LogP contribution is 2.00. The summed E-state index contributed by atoms with van der Waals surface area (Å²) in [6, 6.07) is 1.93. The van der Waals surface area contributed by atoms with Crippen molar-refractivity contribution in [1.82, 2.24) is 0 Å². The van der Waals surface area contributed by atoms with Crippen LogP contribution in [0.3, 0.4) is 0 Å². The zero-order valence-corrected chi connectivity index (χ0v) is 6.59. The van der Waals surface area contributed by atoms with Crippen molar-refractivity contribution in [3.63, 3.8) is 0 Å². The molecule has 0 aliphatic carbocycles. The van der Waals surface area contributed by atoms with Gasteiger partial charge in [0.1, 0.15) is 12.4 Å². The molecule has 0 bridgehead atoms. The van der Waals surface area contributed by atoms with Crippen molar-refractivity contribution in [2.24, 2.45) is 0 Å². The molecule has 3 heteroatoms. The fourth-order valence-electron chi connectivity index (χ4n) is 0.570. The fraction of sp³-hybridized carbons (Fsp3) is 0.500. The van der Waals surface area contributed by atoms with E-state index in [9.17, 15) is 4.79 Å². The van der Waals surface area contributed by atoms with Crippen LogP contribution in [0, 0.1) is 11.3 Å². The number of hydrogen-bond acceptors (Lipinski definition) is 3. The van der Waals surface area contributed by atoms with Crippen LogP contribution in [0.1, 0.15) is 19.8 Å². The Morgan fingerprint density at radius 1 is 1.73 bits per heavy atom. The standard InChI is InChI=1S/C8H11NO2/c1-7(10)6-8(2)11-5-3-4-9/h2-3,5-6H2,1H3. The summed E-state index contributed by atoms with van der Waals surface area (Å²) in [6.45, 7) is 5.31. The van der Waals surface area contributed by atoms with Crippen molar-refractivity contribution >= 4 is 5.78 Å². The lowest BCUT2D eigenvalue weighted by molar-refractivity contribution is -0.116. The predicted molar refractivity (Wildman–Crippen MR) is 40.6 cm³/mol. The van der Waals surface area contributed by atoms with Crippen molar-refractivity contribution in [3.05, 3.63) is 12.3 Å². The molecule has 11 heavy (non-hydrogen) atoms. The Morgan fingerprint density at radius 3 is 2.82 bits per heavy atom. The second-order valence-corrected chi connectivity index (χ2v) is 2.17. The summed E-state index contributed by atoms with van der Waals surface area (Å²) in [5, 5.41) is 8.13.